The summed E-state index contributed by atoms with van der Waals surface area (Å²) in [7, 11) is -4.16. The largest absolute Gasteiger partial charge is 0.499 e. The van der Waals surface area contributed by atoms with Crippen LogP contribution in [-0.4, -0.2) is 16.9 Å². The zero-order chi connectivity index (χ0) is 23.9. The van der Waals surface area contributed by atoms with Gasteiger partial charge in [0.05, 0.1) is 6.61 Å². The van der Waals surface area contributed by atoms with E-state index in [0.29, 0.717) is 12.3 Å². The van der Waals surface area contributed by atoms with E-state index in [4.69, 9.17) is 9.41 Å². The average molecular weight is 497 g/mol. The molecule has 3 unspecified atom stereocenters. The highest BCUT2D eigenvalue weighted by Gasteiger charge is 2.25. The van der Waals surface area contributed by atoms with E-state index >= 15 is 0 Å². The van der Waals surface area contributed by atoms with Crippen LogP contribution >= 0.6 is 20.5 Å². The van der Waals surface area contributed by atoms with E-state index in [1.807, 2.05) is 6.92 Å². The number of hydrogen-bond donors (Lipinski definition) is 2. The lowest BCUT2D eigenvalue weighted by atomic mass is 9.91. The SMILES string of the molecule is CCCCCCCCCCCCC(CCCCCCC)CC(S)OOP(=O)(O)OCCC. The van der Waals surface area contributed by atoms with Crippen molar-refractivity contribution in [1.82, 2.24) is 0 Å². The van der Waals surface area contributed by atoms with E-state index in [0.717, 1.165) is 19.3 Å². The number of unbranched alkanes of at least 4 members (excludes halogenated alkanes) is 13. The van der Waals surface area contributed by atoms with Gasteiger partial charge in [0, 0.05) is 0 Å². The van der Waals surface area contributed by atoms with Gasteiger partial charge in [-0.2, -0.15) is 0 Å². The maximum atomic E-state index is 11.8. The van der Waals surface area contributed by atoms with Gasteiger partial charge in [0.25, 0.3) is 0 Å². The van der Waals surface area contributed by atoms with Crippen molar-refractivity contribution in [2.24, 2.45) is 5.92 Å². The van der Waals surface area contributed by atoms with Gasteiger partial charge in [-0.1, -0.05) is 130 Å². The molecule has 0 saturated heterocycles. The Morgan fingerprint density at radius 3 is 1.59 bits per heavy atom. The summed E-state index contributed by atoms with van der Waals surface area (Å²) in [5.41, 5.74) is -0.524. The standard InChI is InChI=1S/C25H53O5PS/c1-4-7-9-11-12-13-14-15-17-19-21-24(20-18-16-10-8-5-2)23-25(32)29-30-31(26,27)28-22-6-3/h24-25,32H,4-23H2,1-3H3,(H,26,27). The minimum absolute atomic E-state index is 0.160. The predicted octanol–water partition coefficient (Wildman–Crippen LogP) is 9.40. The zero-order valence-corrected chi connectivity index (χ0v) is 23.1. The first-order chi connectivity index (χ1) is 15.4. The monoisotopic (exact) mass is 496 g/mol. The molecule has 3 atom stereocenters. The summed E-state index contributed by atoms with van der Waals surface area (Å²) in [6, 6.07) is 0. The minimum Gasteiger partial charge on any atom is -0.301 e. The number of thiol groups is 1. The molecule has 0 spiro atoms. The Bertz CT molecular complexity index is 439. The highest BCUT2D eigenvalue weighted by atomic mass is 32.1. The molecule has 0 aromatic rings. The molecule has 0 bridgehead atoms. The van der Waals surface area contributed by atoms with Crippen LogP contribution in [0.4, 0.5) is 0 Å². The molecule has 0 radical (unpaired) electrons. The Hall–Kier alpha value is 0.420. The molecule has 0 fully saturated rings. The molecule has 0 rings (SSSR count). The van der Waals surface area contributed by atoms with Crippen LogP contribution in [0.1, 0.15) is 143 Å². The van der Waals surface area contributed by atoms with E-state index in [1.165, 1.54) is 96.3 Å². The van der Waals surface area contributed by atoms with Crippen molar-refractivity contribution in [2.45, 2.75) is 148 Å². The van der Waals surface area contributed by atoms with E-state index in [-0.39, 0.29) is 6.61 Å². The van der Waals surface area contributed by atoms with E-state index in [1.54, 1.807) is 0 Å². The number of phosphoric ester groups is 1. The molecule has 1 N–H and O–H groups in total. The van der Waals surface area contributed by atoms with Crippen LogP contribution < -0.4 is 0 Å². The molecular formula is C25H53O5PS. The van der Waals surface area contributed by atoms with Crippen LogP contribution in [0.5, 0.6) is 0 Å². The van der Waals surface area contributed by atoms with Gasteiger partial charge >= 0.3 is 7.82 Å². The molecule has 0 saturated carbocycles. The highest BCUT2D eigenvalue weighted by Crippen LogP contribution is 2.44. The number of rotatable bonds is 25. The fraction of sp³-hybridized carbons (Fsp3) is 1.00. The normalized spacial score (nSPS) is 15.5. The Kier molecular flexibility index (Phi) is 23.5. The summed E-state index contributed by atoms with van der Waals surface area (Å²) < 4.78 is 21.2. The van der Waals surface area contributed by atoms with Crippen LogP contribution in [0.15, 0.2) is 0 Å². The third-order valence-electron chi connectivity index (χ3n) is 5.92. The first kappa shape index (κ1) is 32.4. The second kappa shape index (κ2) is 23.2. The van der Waals surface area contributed by atoms with Crippen molar-refractivity contribution >= 4 is 20.5 Å². The summed E-state index contributed by atoms with van der Waals surface area (Å²) in [6.07, 6.45) is 23.5. The minimum atomic E-state index is -4.16. The second-order valence-electron chi connectivity index (χ2n) is 9.20. The van der Waals surface area contributed by atoms with Crippen LogP contribution in [0, 0.1) is 5.92 Å². The molecule has 0 aliphatic rings. The lowest BCUT2D eigenvalue weighted by molar-refractivity contribution is -0.238. The van der Waals surface area contributed by atoms with Crippen LogP contribution in [0.25, 0.3) is 0 Å². The van der Waals surface area contributed by atoms with Crippen LogP contribution in [0.2, 0.25) is 0 Å². The molecule has 0 amide bonds. The van der Waals surface area contributed by atoms with Gasteiger partial charge in [0.15, 0.2) is 0 Å². The Labute approximate surface area is 204 Å². The van der Waals surface area contributed by atoms with E-state index in [2.05, 4.69) is 31.2 Å². The van der Waals surface area contributed by atoms with Gasteiger partial charge in [0.2, 0.25) is 0 Å². The van der Waals surface area contributed by atoms with Gasteiger partial charge in [0.1, 0.15) is 5.44 Å². The summed E-state index contributed by atoms with van der Waals surface area (Å²) in [5.74, 6) is 0.506. The first-order valence-corrected chi connectivity index (χ1v) is 15.5. The lowest BCUT2D eigenvalue weighted by Gasteiger charge is -2.21. The molecular weight excluding hydrogens is 443 g/mol. The third-order valence-corrected chi connectivity index (χ3v) is 7.00. The second-order valence-corrected chi connectivity index (χ2v) is 11.1. The molecule has 0 aliphatic heterocycles. The maximum absolute atomic E-state index is 11.8. The topological polar surface area (TPSA) is 65.0 Å². The molecule has 0 aromatic heterocycles. The molecule has 0 aliphatic carbocycles. The average Bonchev–Trinajstić information content (AvgIpc) is 2.77. The van der Waals surface area contributed by atoms with Gasteiger partial charge < -0.3 is 4.89 Å². The van der Waals surface area contributed by atoms with E-state index in [9.17, 15) is 9.46 Å². The predicted molar refractivity (Wildman–Crippen MR) is 139 cm³/mol. The zero-order valence-electron chi connectivity index (χ0n) is 21.3. The molecule has 7 heteroatoms. The van der Waals surface area contributed by atoms with E-state index < -0.39 is 13.3 Å². The molecule has 5 nitrogen and oxygen atoms in total. The fourth-order valence-electron chi connectivity index (χ4n) is 3.99. The van der Waals surface area contributed by atoms with Crippen LogP contribution in [0.3, 0.4) is 0 Å². The van der Waals surface area contributed by atoms with Crippen LogP contribution in [-0.2, 0) is 18.7 Å². The smallest absolute Gasteiger partial charge is 0.301 e. The Balaban J connectivity index is 4.16. The van der Waals surface area contributed by atoms with Crippen molar-refractivity contribution in [3.05, 3.63) is 0 Å². The van der Waals surface area contributed by atoms with Crippen molar-refractivity contribution in [1.29, 1.82) is 0 Å². The Morgan fingerprint density at radius 2 is 1.16 bits per heavy atom. The lowest BCUT2D eigenvalue weighted by Crippen LogP contribution is -2.13. The molecule has 0 heterocycles. The van der Waals surface area contributed by atoms with Crippen molar-refractivity contribution in [2.75, 3.05) is 6.61 Å². The summed E-state index contributed by atoms with van der Waals surface area (Å²) in [5, 5.41) is 0. The molecule has 194 valence electrons. The fourth-order valence-corrected chi connectivity index (χ4v) is 5.07. The van der Waals surface area contributed by atoms with Crippen molar-refractivity contribution < 1.29 is 23.5 Å². The third kappa shape index (κ3) is 22.2. The highest BCUT2D eigenvalue weighted by molar-refractivity contribution is 7.80. The summed E-state index contributed by atoms with van der Waals surface area (Å²) in [4.78, 5) is 14.7. The van der Waals surface area contributed by atoms with Gasteiger partial charge in [-0.15, -0.1) is 17.3 Å². The van der Waals surface area contributed by atoms with Gasteiger partial charge in [-0.05, 0) is 18.8 Å². The molecule has 0 aromatic carbocycles. The van der Waals surface area contributed by atoms with Crippen molar-refractivity contribution in [3.8, 4) is 0 Å². The van der Waals surface area contributed by atoms with Gasteiger partial charge in [-0.25, -0.2) is 9.45 Å². The maximum Gasteiger partial charge on any atom is 0.499 e. The Morgan fingerprint density at radius 1 is 0.719 bits per heavy atom. The van der Waals surface area contributed by atoms with Gasteiger partial charge in [-0.3, -0.25) is 4.52 Å². The summed E-state index contributed by atoms with van der Waals surface area (Å²) in [6.45, 7) is 6.52. The number of hydrogen-bond acceptors (Lipinski definition) is 5. The summed E-state index contributed by atoms with van der Waals surface area (Å²) >= 11 is 4.44. The number of phosphoric acid groups is 1. The quantitative estimate of drug-likeness (QED) is 0.0329. The first-order valence-electron chi connectivity index (χ1n) is 13.5. The van der Waals surface area contributed by atoms with Crippen molar-refractivity contribution in [3.63, 3.8) is 0 Å². The molecule has 32 heavy (non-hydrogen) atoms.